The van der Waals surface area contributed by atoms with E-state index in [0.717, 1.165) is 42.7 Å². The van der Waals surface area contributed by atoms with Crippen molar-refractivity contribution in [2.45, 2.75) is 44.1 Å². The molecule has 1 aliphatic carbocycles. The number of rotatable bonds is 1. The van der Waals surface area contributed by atoms with E-state index in [2.05, 4.69) is 11.1 Å². The molecule has 3 heterocycles. The van der Waals surface area contributed by atoms with Crippen LogP contribution in [0.2, 0.25) is 0 Å². The van der Waals surface area contributed by atoms with Crippen molar-refractivity contribution in [3.8, 4) is 11.5 Å². The summed E-state index contributed by atoms with van der Waals surface area (Å²) in [7, 11) is 0. The van der Waals surface area contributed by atoms with E-state index < -0.39 is 5.95 Å². The van der Waals surface area contributed by atoms with E-state index >= 15 is 0 Å². The number of hydrogen-bond acceptors (Lipinski definition) is 4. The molecule has 1 aromatic carbocycles. The smallest absolute Gasteiger partial charge is 0.254 e. The van der Waals surface area contributed by atoms with E-state index in [0.29, 0.717) is 25.3 Å². The van der Waals surface area contributed by atoms with Crippen LogP contribution in [-0.2, 0) is 5.41 Å². The molecule has 1 atom stereocenters. The van der Waals surface area contributed by atoms with Gasteiger partial charge in [-0.3, -0.25) is 4.79 Å². The molecule has 1 aromatic heterocycles. The molecule has 1 amide bonds. The standard InChI is InChI=1S/C22H23FN2O3/c1-14-16-11-18-19(28-9-8-27-18)12-17(16)22(5-2-3-6-22)13-25(14)21(26)15-4-7-24-20(23)10-15/h4,7,10-12,14H,2-3,5-6,8-9,13H2,1H3. The summed E-state index contributed by atoms with van der Waals surface area (Å²) in [5.41, 5.74) is 2.67. The summed E-state index contributed by atoms with van der Waals surface area (Å²) in [5.74, 6) is 0.764. The Kier molecular flexibility index (Phi) is 4.03. The first-order chi connectivity index (χ1) is 13.6. The van der Waals surface area contributed by atoms with Crippen molar-refractivity contribution >= 4 is 5.91 Å². The van der Waals surface area contributed by atoms with Crippen LogP contribution in [0.25, 0.3) is 0 Å². The van der Waals surface area contributed by atoms with Crippen LogP contribution in [0.3, 0.4) is 0 Å². The van der Waals surface area contributed by atoms with E-state index in [-0.39, 0.29) is 17.4 Å². The highest BCUT2D eigenvalue weighted by Crippen LogP contribution is 2.52. The van der Waals surface area contributed by atoms with Crippen LogP contribution in [0.4, 0.5) is 4.39 Å². The van der Waals surface area contributed by atoms with Gasteiger partial charge in [0.1, 0.15) is 13.2 Å². The summed E-state index contributed by atoms with van der Waals surface area (Å²) >= 11 is 0. The van der Waals surface area contributed by atoms with E-state index in [1.165, 1.54) is 17.8 Å². The van der Waals surface area contributed by atoms with E-state index in [1.807, 2.05) is 17.9 Å². The number of carbonyl (C=O) groups is 1. The Morgan fingerprint density at radius 2 is 1.89 bits per heavy atom. The van der Waals surface area contributed by atoms with Crippen molar-refractivity contribution in [1.29, 1.82) is 0 Å². The molecular formula is C22H23FN2O3. The Morgan fingerprint density at radius 3 is 2.61 bits per heavy atom. The second-order valence-electron chi connectivity index (χ2n) is 8.05. The van der Waals surface area contributed by atoms with E-state index in [9.17, 15) is 9.18 Å². The molecule has 0 N–H and O–H groups in total. The Balaban J connectivity index is 1.60. The van der Waals surface area contributed by atoms with Crippen LogP contribution in [0.5, 0.6) is 11.5 Å². The summed E-state index contributed by atoms with van der Waals surface area (Å²) in [6.45, 7) is 3.77. The third-order valence-electron chi connectivity index (χ3n) is 6.47. The van der Waals surface area contributed by atoms with Gasteiger partial charge >= 0.3 is 0 Å². The number of aromatic nitrogens is 1. The van der Waals surface area contributed by atoms with Crippen molar-refractivity contribution in [1.82, 2.24) is 9.88 Å². The summed E-state index contributed by atoms with van der Waals surface area (Å²) < 4.78 is 25.2. The van der Waals surface area contributed by atoms with Gasteiger partial charge in [0, 0.05) is 29.8 Å². The summed E-state index contributed by atoms with van der Waals surface area (Å²) in [4.78, 5) is 18.7. The predicted molar refractivity (Wildman–Crippen MR) is 101 cm³/mol. The summed E-state index contributed by atoms with van der Waals surface area (Å²) in [6.07, 6.45) is 5.72. The third kappa shape index (κ3) is 2.65. The fraction of sp³-hybridized carbons (Fsp3) is 0.455. The van der Waals surface area contributed by atoms with Crippen molar-refractivity contribution in [3.05, 3.63) is 53.1 Å². The minimum Gasteiger partial charge on any atom is -0.486 e. The molecule has 5 rings (SSSR count). The molecule has 3 aliphatic rings. The van der Waals surface area contributed by atoms with Gasteiger partial charge in [-0.25, -0.2) is 4.98 Å². The lowest BCUT2D eigenvalue weighted by atomic mass is 9.71. The van der Waals surface area contributed by atoms with Crippen LogP contribution < -0.4 is 9.47 Å². The molecule has 1 unspecified atom stereocenters. The normalized spacial score (nSPS) is 22.2. The first-order valence-electron chi connectivity index (χ1n) is 9.94. The molecule has 0 radical (unpaired) electrons. The lowest BCUT2D eigenvalue weighted by Gasteiger charge is -2.46. The molecule has 2 aliphatic heterocycles. The van der Waals surface area contributed by atoms with Crippen LogP contribution in [-0.4, -0.2) is 35.5 Å². The highest BCUT2D eigenvalue weighted by Gasteiger charge is 2.46. The topological polar surface area (TPSA) is 51.7 Å². The Morgan fingerprint density at radius 1 is 1.18 bits per heavy atom. The molecule has 5 nitrogen and oxygen atoms in total. The molecule has 2 aromatic rings. The third-order valence-corrected chi connectivity index (χ3v) is 6.47. The number of halogens is 1. The molecule has 1 spiro atoms. The largest absolute Gasteiger partial charge is 0.486 e. The van der Waals surface area contributed by atoms with Gasteiger partial charge in [0.2, 0.25) is 5.95 Å². The number of pyridine rings is 1. The lowest BCUT2D eigenvalue weighted by molar-refractivity contribution is 0.0592. The highest BCUT2D eigenvalue weighted by atomic mass is 19.1. The maximum absolute atomic E-state index is 13.6. The summed E-state index contributed by atoms with van der Waals surface area (Å²) in [6, 6.07) is 6.86. The van der Waals surface area contributed by atoms with Crippen molar-refractivity contribution < 1.29 is 18.7 Å². The molecule has 1 saturated carbocycles. The highest BCUT2D eigenvalue weighted by molar-refractivity contribution is 5.94. The predicted octanol–water partition coefficient (Wildman–Crippen LogP) is 4.02. The molecule has 28 heavy (non-hydrogen) atoms. The second kappa shape index (κ2) is 6.47. The van der Waals surface area contributed by atoms with Crippen molar-refractivity contribution in [3.63, 3.8) is 0 Å². The van der Waals surface area contributed by atoms with Crippen molar-refractivity contribution in [2.75, 3.05) is 19.8 Å². The van der Waals surface area contributed by atoms with Gasteiger partial charge < -0.3 is 14.4 Å². The monoisotopic (exact) mass is 382 g/mol. The van der Waals surface area contributed by atoms with Crippen LogP contribution in [0.1, 0.15) is 60.1 Å². The fourth-order valence-electron chi connectivity index (χ4n) is 5.05. The van der Waals surface area contributed by atoms with Gasteiger partial charge in [-0.15, -0.1) is 0 Å². The molecule has 0 saturated heterocycles. The molecule has 6 heteroatoms. The SMILES string of the molecule is CC1c2cc3c(cc2C2(CCCC2)CN1C(=O)c1ccnc(F)c1)OCCO3. The van der Waals surface area contributed by atoms with Crippen LogP contribution >= 0.6 is 0 Å². The quantitative estimate of drug-likeness (QED) is 0.699. The Bertz CT molecular complexity index is 939. The lowest BCUT2D eigenvalue weighted by Crippen LogP contribution is -2.48. The van der Waals surface area contributed by atoms with Gasteiger partial charge in [-0.2, -0.15) is 4.39 Å². The second-order valence-corrected chi connectivity index (χ2v) is 8.05. The van der Waals surface area contributed by atoms with E-state index in [1.54, 1.807) is 6.07 Å². The number of amides is 1. The maximum atomic E-state index is 13.6. The minimum absolute atomic E-state index is 0.0705. The maximum Gasteiger partial charge on any atom is 0.254 e. The molecule has 1 fully saturated rings. The zero-order valence-corrected chi connectivity index (χ0v) is 15.9. The average Bonchev–Trinajstić information content (AvgIpc) is 3.18. The van der Waals surface area contributed by atoms with Gasteiger partial charge in [-0.05, 0) is 49.1 Å². The fourth-order valence-corrected chi connectivity index (χ4v) is 5.05. The van der Waals surface area contributed by atoms with Gasteiger partial charge in [-0.1, -0.05) is 12.8 Å². The molecular weight excluding hydrogens is 359 g/mol. The molecule has 146 valence electrons. The number of ether oxygens (including phenoxy) is 2. The Labute approximate surface area is 163 Å². The number of carbonyl (C=O) groups excluding carboxylic acids is 1. The van der Waals surface area contributed by atoms with Crippen molar-refractivity contribution in [2.24, 2.45) is 0 Å². The zero-order valence-electron chi connectivity index (χ0n) is 15.9. The molecule has 0 bridgehead atoms. The number of hydrogen-bond donors (Lipinski definition) is 0. The first-order valence-corrected chi connectivity index (χ1v) is 9.94. The van der Waals surface area contributed by atoms with Crippen LogP contribution in [0, 0.1) is 5.95 Å². The number of benzene rings is 1. The van der Waals surface area contributed by atoms with Gasteiger partial charge in [0.25, 0.3) is 5.91 Å². The minimum atomic E-state index is -0.633. The van der Waals surface area contributed by atoms with Gasteiger partial charge in [0.15, 0.2) is 11.5 Å². The van der Waals surface area contributed by atoms with Crippen LogP contribution in [0.15, 0.2) is 30.5 Å². The van der Waals surface area contributed by atoms with Gasteiger partial charge in [0.05, 0.1) is 6.04 Å². The summed E-state index contributed by atoms with van der Waals surface area (Å²) in [5, 5.41) is 0. The van der Waals surface area contributed by atoms with E-state index in [4.69, 9.17) is 9.47 Å². The first kappa shape index (κ1) is 17.5. The average molecular weight is 382 g/mol. The number of fused-ring (bicyclic) bond motifs is 3. The Hall–Kier alpha value is -2.63. The zero-order chi connectivity index (χ0) is 19.3. The number of nitrogens with zero attached hydrogens (tertiary/aromatic N) is 2.